The smallest absolute Gasteiger partial charge is 0.407 e. The van der Waals surface area contributed by atoms with Crippen LogP contribution in [0.5, 0.6) is 0 Å². The summed E-state index contributed by atoms with van der Waals surface area (Å²) < 4.78 is 194. The van der Waals surface area contributed by atoms with Crippen LogP contribution in [0.3, 0.4) is 0 Å². The first kappa shape index (κ1) is 109. The third-order valence-electron chi connectivity index (χ3n) is 16.3. The molecule has 0 saturated carbocycles. The number of methoxy groups -OCH3 is 4. The molecule has 0 aromatic heterocycles. The van der Waals surface area contributed by atoms with Crippen molar-refractivity contribution in [1.29, 1.82) is 0 Å². The number of hydrogen-bond donors (Lipinski definition) is 3. The molecule has 0 bridgehead atoms. The topological polar surface area (TPSA) is 255 Å². The van der Waals surface area contributed by atoms with E-state index in [1.54, 1.807) is 52.1 Å². The SMILES string of the molecule is CCOC(C)OCc1cc(F)ccc1C(O)O.CCOC(C)OCc1cc(F)ccc1C(O)OC.CCOC(C)OCc1cc(F)ccc1C(OC(C)C)OC(C)C.CCOC(C)OCc1cc(F)ccc1C(OC(C)C)OC(C)C.CCOC(C)OCc1cc(F)ccc1C(OC)OC.COCOCc1cc(F)ccc1B1OCCCCO1. The molecular formula is C88H133BF6O24. The minimum absolute atomic E-state index is 0.0140. The molecule has 6 aromatic carbocycles. The van der Waals surface area contributed by atoms with E-state index < -0.39 is 50.7 Å². The second kappa shape index (κ2) is 63.0. The van der Waals surface area contributed by atoms with Gasteiger partial charge in [0.15, 0.2) is 62.9 Å². The van der Waals surface area contributed by atoms with Crippen LogP contribution < -0.4 is 5.46 Å². The van der Waals surface area contributed by atoms with Gasteiger partial charge in [0.2, 0.25) is 0 Å². The van der Waals surface area contributed by atoms with Crippen molar-refractivity contribution in [2.75, 3.05) is 81.5 Å². The second-order valence-electron chi connectivity index (χ2n) is 27.4. The van der Waals surface area contributed by atoms with Crippen molar-refractivity contribution in [1.82, 2.24) is 0 Å². The van der Waals surface area contributed by atoms with Gasteiger partial charge in [-0.1, -0.05) is 36.4 Å². The summed E-state index contributed by atoms with van der Waals surface area (Å²) in [6.45, 7) is 39.2. The molecule has 31 heteroatoms. The van der Waals surface area contributed by atoms with Crippen LogP contribution in [0.4, 0.5) is 26.3 Å². The van der Waals surface area contributed by atoms with E-state index in [0.717, 1.165) is 40.6 Å². The van der Waals surface area contributed by atoms with Gasteiger partial charge in [-0.15, -0.1) is 0 Å². The summed E-state index contributed by atoms with van der Waals surface area (Å²) in [6.07, 6.45) is -4.35. The third kappa shape index (κ3) is 45.8. The van der Waals surface area contributed by atoms with Crippen molar-refractivity contribution in [2.24, 2.45) is 0 Å². The zero-order valence-electron chi connectivity index (χ0n) is 73.5. The molecule has 24 nitrogen and oxygen atoms in total. The molecule has 0 aliphatic carbocycles. The van der Waals surface area contributed by atoms with Gasteiger partial charge in [-0.25, -0.2) is 26.3 Å². The van der Waals surface area contributed by atoms with Crippen molar-refractivity contribution in [3.05, 3.63) is 205 Å². The highest BCUT2D eigenvalue weighted by Crippen LogP contribution is 2.31. The first-order valence-electron chi connectivity index (χ1n) is 40.1. The molecule has 1 heterocycles. The Hall–Kier alpha value is -6.00. The number of hydrogen-bond acceptors (Lipinski definition) is 24. The Bertz CT molecular complexity index is 3510. The number of aliphatic hydroxyl groups is 3. The lowest BCUT2D eigenvalue weighted by atomic mass is 9.76. The van der Waals surface area contributed by atoms with Gasteiger partial charge in [0.1, 0.15) is 41.7 Å². The van der Waals surface area contributed by atoms with Gasteiger partial charge in [0.25, 0.3) is 0 Å². The molecule has 0 radical (unpaired) electrons. The molecule has 6 unspecified atom stereocenters. The van der Waals surface area contributed by atoms with Gasteiger partial charge < -0.3 is 115 Å². The minimum atomic E-state index is -1.64. The molecule has 1 aliphatic heterocycles. The molecule has 3 N–H and O–H groups in total. The van der Waals surface area contributed by atoms with Gasteiger partial charge >= 0.3 is 7.12 Å². The molecule has 0 spiro atoms. The summed E-state index contributed by atoms with van der Waals surface area (Å²) in [6, 6.07) is 25.8. The maximum atomic E-state index is 13.6. The molecular weight excluding hydrogens is 1570 g/mol. The monoisotopic (exact) mass is 1700 g/mol. The average Bonchev–Trinajstić information content (AvgIpc) is 1.30. The van der Waals surface area contributed by atoms with E-state index in [1.165, 1.54) is 106 Å². The quantitative estimate of drug-likeness (QED) is 0.0139. The minimum Gasteiger partial charge on any atom is -0.407 e. The Morgan fingerprint density at radius 3 is 0.874 bits per heavy atom. The Morgan fingerprint density at radius 2 is 0.597 bits per heavy atom. The fourth-order valence-electron chi connectivity index (χ4n) is 10.9. The van der Waals surface area contributed by atoms with E-state index in [1.807, 2.05) is 104 Å². The number of halogens is 6. The number of rotatable bonds is 46. The second-order valence-corrected chi connectivity index (χ2v) is 27.4. The summed E-state index contributed by atoms with van der Waals surface area (Å²) in [5.41, 5.74) is 7.57. The van der Waals surface area contributed by atoms with Gasteiger partial charge in [-0.05, 0) is 249 Å². The van der Waals surface area contributed by atoms with Crippen molar-refractivity contribution >= 4 is 12.6 Å². The van der Waals surface area contributed by atoms with Crippen molar-refractivity contribution in [2.45, 2.75) is 264 Å². The van der Waals surface area contributed by atoms with Crippen LogP contribution in [0, 0.1) is 34.9 Å². The average molecular weight is 1700 g/mol. The highest BCUT2D eigenvalue weighted by Gasteiger charge is 2.28. The molecule has 0 amide bonds. The first-order chi connectivity index (χ1) is 56.7. The maximum absolute atomic E-state index is 13.6. The molecule has 1 aliphatic rings. The lowest BCUT2D eigenvalue weighted by molar-refractivity contribution is -0.187. The maximum Gasteiger partial charge on any atom is 0.494 e. The molecule has 1 saturated heterocycles. The fourth-order valence-corrected chi connectivity index (χ4v) is 10.9. The normalized spacial score (nSPS) is 13.9. The largest absolute Gasteiger partial charge is 0.494 e. The Kier molecular flexibility index (Phi) is 57.7. The highest BCUT2D eigenvalue weighted by atomic mass is 19.1. The van der Waals surface area contributed by atoms with E-state index in [4.69, 9.17) is 110 Å². The van der Waals surface area contributed by atoms with Gasteiger partial charge in [-0.3, -0.25) is 0 Å². The van der Waals surface area contributed by atoms with Crippen LogP contribution in [0.15, 0.2) is 109 Å². The van der Waals surface area contributed by atoms with Crippen LogP contribution in [-0.4, -0.2) is 160 Å². The fraction of sp³-hybridized carbons (Fsp3) is 0.591. The molecule has 1 fully saturated rings. The first-order valence-corrected chi connectivity index (χ1v) is 40.1. The van der Waals surface area contributed by atoms with E-state index in [2.05, 4.69) is 0 Å². The lowest BCUT2D eigenvalue weighted by Crippen LogP contribution is -2.39. The van der Waals surface area contributed by atoms with Gasteiger partial charge in [-0.2, -0.15) is 0 Å². The van der Waals surface area contributed by atoms with Crippen molar-refractivity contribution in [3.63, 3.8) is 0 Å². The zero-order valence-corrected chi connectivity index (χ0v) is 73.5. The zero-order chi connectivity index (χ0) is 88.9. The van der Waals surface area contributed by atoms with Crippen LogP contribution >= 0.6 is 0 Å². The summed E-state index contributed by atoms with van der Waals surface area (Å²) in [5, 5.41) is 27.9. The lowest BCUT2D eigenvalue weighted by Gasteiger charge is -2.25. The van der Waals surface area contributed by atoms with E-state index >= 15 is 0 Å². The van der Waals surface area contributed by atoms with Crippen LogP contribution in [0.1, 0.15) is 230 Å². The molecule has 7 rings (SSSR count). The Morgan fingerprint density at radius 1 is 0.328 bits per heavy atom. The third-order valence-corrected chi connectivity index (χ3v) is 16.3. The van der Waals surface area contributed by atoms with Crippen LogP contribution in [0.25, 0.3) is 0 Å². The van der Waals surface area contributed by atoms with Crippen LogP contribution in [0.2, 0.25) is 0 Å². The molecule has 6 aromatic rings. The van der Waals surface area contributed by atoms with Crippen molar-refractivity contribution in [3.8, 4) is 0 Å². The number of benzene rings is 6. The van der Waals surface area contributed by atoms with Crippen molar-refractivity contribution < 1.29 is 141 Å². The van der Waals surface area contributed by atoms with Gasteiger partial charge in [0, 0.05) is 103 Å². The summed E-state index contributed by atoms with van der Waals surface area (Å²) in [4.78, 5) is 0. The summed E-state index contributed by atoms with van der Waals surface area (Å²) >= 11 is 0. The predicted molar refractivity (Wildman–Crippen MR) is 437 cm³/mol. The summed E-state index contributed by atoms with van der Waals surface area (Å²) in [7, 11) is 5.55. The Labute approximate surface area is 701 Å². The van der Waals surface area contributed by atoms with E-state index in [-0.39, 0.29) is 131 Å². The van der Waals surface area contributed by atoms with E-state index in [9.17, 15) is 31.4 Å². The molecule has 674 valence electrons. The van der Waals surface area contributed by atoms with E-state index in [0.29, 0.717) is 79.6 Å². The highest BCUT2D eigenvalue weighted by molar-refractivity contribution is 6.61. The molecule has 119 heavy (non-hydrogen) atoms. The molecule has 6 atom stereocenters. The Balaban J connectivity index is 0.000000486. The standard InChI is InChI=1S/2C18H29FO4.C14H21FO4.C13H18BFO4.C13H19FO4.C12H17FO4/c2*1-7-20-14(6)21-11-15-10-16(19)8-9-17(15)18(22-12(2)3)23-13(4)5;1-5-18-10(2)19-9-11-8-12(15)6-7-13(11)14(16-3)17-4;1-16-10-17-9-11-8-12(15)4-5-13(11)14-18-6-2-3-7-19-14;1-4-17-9(2)18-8-10-7-11(14)5-6-12(10)13(15)16-3;1-3-16-8(2)17-7-9-6-10(13)4-5-11(9)12(14)15/h2*8-10,12-14,18H,7,11H2,1-6H3;6-8,10,14H,5,9H2,1-4H3;4-5,8H,2-3,6-7,9-10H2,1H3;5-7,9,13,15H,4,8H2,1-3H3;4-6,8,12,14-15H,3,7H2,1-2H3. The summed E-state index contributed by atoms with van der Waals surface area (Å²) in [5.74, 6) is -2.08. The predicted octanol–water partition coefficient (Wildman–Crippen LogP) is 17.7. The van der Waals surface area contributed by atoms with Crippen LogP contribution in [-0.2, 0) is 139 Å². The number of aliphatic hydroxyl groups excluding tert-OH is 2. The number of ether oxygens (including phenoxy) is 19. The van der Waals surface area contributed by atoms with Gasteiger partial charge in [0.05, 0.1) is 64.1 Å².